The fraction of sp³-hybridized carbons (Fsp3) is 0. The first-order chi connectivity index (χ1) is 30.3. The lowest BCUT2D eigenvalue weighted by Gasteiger charge is -2.26. The van der Waals surface area contributed by atoms with Gasteiger partial charge >= 0.3 is 0 Å². The van der Waals surface area contributed by atoms with E-state index >= 15 is 0 Å². The van der Waals surface area contributed by atoms with Crippen molar-refractivity contribution in [2.24, 2.45) is 0 Å². The summed E-state index contributed by atoms with van der Waals surface area (Å²) in [6.45, 7) is 0. The summed E-state index contributed by atoms with van der Waals surface area (Å²) in [6, 6.07) is 6.77. The molecule has 1 nitrogen and oxygen atoms in total. The van der Waals surface area contributed by atoms with E-state index in [1.54, 1.807) is 17.4 Å². The second-order valence-electron chi connectivity index (χ2n) is 10.4. The van der Waals surface area contributed by atoms with E-state index in [4.69, 9.17) is 13.7 Å². The first-order valence-corrected chi connectivity index (χ1v) is 15.0. The molecule has 0 fully saturated rings. The molecule has 0 saturated carbocycles. The summed E-state index contributed by atoms with van der Waals surface area (Å²) in [5.41, 5.74) is -3.28. The normalized spacial score (nSPS) is 17.0. The third-order valence-corrected chi connectivity index (χ3v) is 8.87. The summed E-state index contributed by atoms with van der Waals surface area (Å²) in [5, 5.41) is 4.76. The van der Waals surface area contributed by atoms with Crippen LogP contribution in [-0.2, 0) is 0 Å². The van der Waals surface area contributed by atoms with Gasteiger partial charge in [-0.05, 0) is 98.3 Å². The highest BCUT2D eigenvalue weighted by Crippen LogP contribution is 2.41. The molecule has 9 rings (SSSR count). The molecule has 0 radical (unpaired) electrons. The SMILES string of the molecule is [2H]c1cc2ccc3cc4sc5ccccc5c4cc3c2cc1N(c1cc([2H])c(-c2c([2H])c([2H])c([2H])c([2H])c2[2H])c([2H])c1[2H])c1c([2H])c([2H])c(-c2c([2H])c([2H])c([2H])c([2H])c2[2H])c([2H])c1[2H]. The van der Waals surface area contributed by atoms with Gasteiger partial charge in [-0.15, -0.1) is 11.3 Å². The van der Waals surface area contributed by atoms with Gasteiger partial charge in [0.25, 0.3) is 0 Å². The minimum Gasteiger partial charge on any atom is -0.310 e. The fourth-order valence-corrected chi connectivity index (χ4v) is 6.72. The van der Waals surface area contributed by atoms with E-state index in [0.29, 0.717) is 10.8 Å². The van der Waals surface area contributed by atoms with Crippen LogP contribution in [0, 0.1) is 0 Å². The van der Waals surface area contributed by atoms with Gasteiger partial charge in [-0.25, -0.2) is 0 Å². The first kappa shape index (κ1) is 14.2. The summed E-state index contributed by atoms with van der Waals surface area (Å²) in [5.74, 6) is 0. The Labute approximate surface area is 297 Å². The topological polar surface area (TPSA) is 3.24 Å². The molecule has 8 aromatic carbocycles. The average Bonchev–Trinajstić information content (AvgIpc) is 3.64. The summed E-state index contributed by atoms with van der Waals surface area (Å²) in [7, 11) is 0. The predicted octanol–water partition coefficient (Wildman–Crippen LogP) is 13.2. The molecule has 0 aliphatic heterocycles. The van der Waals surface area contributed by atoms with Crippen LogP contribution in [-0.4, -0.2) is 0 Å². The molecule has 1 heterocycles. The lowest BCUT2D eigenvalue weighted by molar-refractivity contribution is 1.29. The van der Waals surface area contributed by atoms with E-state index in [9.17, 15) is 11.0 Å². The quantitative estimate of drug-likeness (QED) is 0.173. The van der Waals surface area contributed by atoms with Crippen LogP contribution in [0.5, 0.6) is 0 Å². The number of benzene rings is 8. The Bertz CT molecular complexity index is 3480. The Hall–Kier alpha value is -5.70. The van der Waals surface area contributed by atoms with Gasteiger partial charge in [-0.1, -0.05) is 121 Å². The van der Waals surface area contributed by atoms with Crippen molar-refractivity contribution in [3.63, 3.8) is 0 Å². The van der Waals surface area contributed by atoms with Gasteiger partial charge in [0.2, 0.25) is 0 Å². The van der Waals surface area contributed by atoms with Crippen LogP contribution < -0.4 is 4.90 Å². The van der Waals surface area contributed by atoms with Gasteiger partial charge in [0.05, 0.1) is 24.7 Å². The molecule has 0 unspecified atom stereocenters. The van der Waals surface area contributed by atoms with Crippen molar-refractivity contribution in [3.05, 3.63) is 175 Å². The van der Waals surface area contributed by atoms with E-state index in [2.05, 4.69) is 0 Å². The summed E-state index contributed by atoms with van der Waals surface area (Å²) in [4.78, 5) is 1.04. The zero-order valence-electron chi connectivity index (χ0n) is 41.7. The van der Waals surface area contributed by atoms with Crippen molar-refractivity contribution in [1.82, 2.24) is 0 Å². The van der Waals surface area contributed by atoms with E-state index in [1.165, 1.54) is 6.07 Å². The van der Waals surface area contributed by atoms with Crippen molar-refractivity contribution >= 4 is 70.1 Å². The highest BCUT2D eigenvalue weighted by Gasteiger charge is 2.15. The third-order valence-electron chi connectivity index (χ3n) is 7.74. The van der Waals surface area contributed by atoms with Crippen molar-refractivity contribution in [2.75, 3.05) is 4.90 Å². The summed E-state index contributed by atoms with van der Waals surface area (Å²) >= 11 is 1.62. The molecule has 0 aliphatic carbocycles. The molecule has 0 spiro atoms. The van der Waals surface area contributed by atoms with E-state index < -0.39 is 136 Å². The predicted molar refractivity (Wildman–Crippen MR) is 200 cm³/mol. The van der Waals surface area contributed by atoms with E-state index in [-0.39, 0.29) is 11.7 Å². The largest absolute Gasteiger partial charge is 0.310 e. The lowest BCUT2D eigenvalue weighted by Crippen LogP contribution is -2.09. The van der Waals surface area contributed by atoms with E-state index in [0.717, 1.165) is 41.9 Å². The van der Waals surface area contributed by atoms with Crippen molar-refractivity contribution in [1.29, 1.82) is 0 Å². The van der Waals surface area contributed by atoms with Crippen LogP contribution in [0.1, 0.15) is 24.7 Å². The zero-order valence-corrected chi connectivity index (χ0v) is 24.5. The number of fused-ring (bicyclic) bond motifs is 6. The van der Waals surface area contributed by atoms with Crippen molar-refractivity contribution in [2.45, 2.75) is 0 Å². The summed E-state index contributed by atoms with van der Waals surface area (Å²) in [6.07, 6.45) is 0. The average molecular weight is 622 g/mol. The molecule has 0 amide bonds. The van der Waals surface area contributed by atoms with Gasteiger partial charge < -0.3 is 4.90 Å². The maximum absolute atomic E-state index is 9.42. The van der Waals surface area contributed by atoms with E-state index in [1.807, 2.05) is 48.5 Å². The molecule has 216 valence electrons. The molecular formula is C44H29NS. The number of hydrogen-bond acceptors (Lipinski definition) is 2. The second-order valence-corrected chi connectivity index (χ2v) is 11.5. The third kappa shape index (κ3) is 4.63. The zero-order chi connectivity index (χ0) is 46.1. The highest BCUT2D eigenvalue weighted by molar-refractivity contribution is 7.25. The molecule has 46 heavy (non-hydrogen) atoms. The smallest absolute Gasteiger partial charge is 0.0645 e. The number of rotatable bonds is 5. The van der Waals surface area contributed by atoms with Crippen LogP contribution in [0.2, 0.25) is 0 Å². The second kappa shape index (κ2) is 11.0. The molecule has 0 bridgehead atoms. The van der Waals surface area contributed by atoms with Crippen LogP contribution in [0.3, 0.4) is 0 Å². The van der Waals surface area contributed by atoms with Gasteiger partial charge in [-0.2, -0.15) is 0 Å². The van der Waals surface area contributed by atoms with Crippen molar-refractivity contribution in [3.8, 4) is 22.3 Å². The van der Waals surface area contributed by atoms with Crippen LogP contribution >= 0.6 is 11.3 Å². The van der Waals surface area contributed by atoms with Gasteiger partial charge in [0, 0.05) is 37.2 Å². The molecular weight excluding hydrogens is 575 g/mol. The Morgan fingerprint density at radius 3 is 1.78 bits per heavy atom. The Kier molecular flexibility index (Phi) is 3.39. The first-order valence-electron chi connectivity index (χ1n) is 23.2. The molecule has 0 atom stereocenters. The molecule has 0 saturated heterocycles. The fourth-order valence-electron chi connectivity index (χ4n) is 5.59. The number of hydrogen-bond donors (Lipinski definition) is 0. The highest BCUT2D eigenvalue weighted by atomic mass is 32.1. The van der Waals surface area contributed by atoms with Crippen LogP contribution in [0.25, 0.3) is 64.0 Å². The Morgan fingerprint density at radius 1 is 0.391 bits per heavy atom. The number of nitrogens with zero attached hydrogens (tertiary/aromatic N) is 1. The number of thiophene rings is 1. The maximum atomic E-state index is 9.42. The Morgan fingerprint density at radius 2 is 1.02 bits per heavy atom. The molecule has 0 N–H and O–H groups in total. The van der Waals surface area contributed by atoms with Gasteiger partial charge in [-0.3, -0.25) is 0 Å². The molecule has 2 heteroatoms. The maximum Gasteiger partial charge on any atom is 0.0645 e. The lowest BCUT2D eigenvalue weighted by atomic mass is 9.98. The molecule has 9 aromatic rings. The summed E-state index contributed by atoms with van der Waals surface area (Å²) < 4.78 is 160. The van der Waals surface area contributed by atoms with Crippen LogP contribution in [0.4, 0.5) is 17.1 Å². The molecule has 1 aromatic heterocycles. The minimum absolute atomic E-state index is 0.116. The minimum atomic E-state index is -0.830. The standard InChI is InChI=1S/C44H29NS/c1-3-9-30(10-4-1)32-17-22-36(23-18-32)45(37-24-19-33(20-25-37)31-11-5-2-6-12-31)38-26-21-34-15-16-35-27-44-42(29-41(35)40(34)28-38)39-13-7-8-14-43(39)46-44/h1-29H/i1D,2D,3D,4D,5D,6D,9D,10D,11D,12D,17D,18D,19D,20D,22D,23D,24D,26D. The monoisotopic (exact) mass is 621 g/mol. The molecule has 0 aliphatic rings. The van der Waals surface area contributed by atoms with Gasteiger partial charge in [0.15, 0.2) is 0 Å². The Balaban J connectivity index is 1.39. The van der Waals surface area contributed by atoms with Gasteiger partial charge in [0.1, 0.15) is 0 Å². The van der Waals surface area contributed by atoms with Crippen LogP contribution in [0.15, 0.2) is 175 Å². The number of anilines is 3. The van der Waals surface area contributed by atoms with Crippen molar-refractivity contribution < 1.29 is 24.7 Å².